The topological polar surface area (TPSA) is 40.2 Å². The summed E-state index contributed by atoms with van der Waals surface area (Å²) in [5.74, 6) is 1.65. The molecule has 5 heteroatoms. The number of hydrogen-bond donors (Lipinski definition) is 0. The van der Waals surface area contributed by atoms with Crippen LogP contribution >= 0.6 is 0 Å². The van der Waals surface area contributed by atoms with Crippen LogP contribution in [0, 0.1) is 5.92 Å². The van der Waals surface area contributed by atoms with Crippen molar-refractivity contribution in [2.45, 2.75) is 63.3 Å². The second-order valence-corrected chi connectivity index (χ2v) is 8.11. The van der Waals surface area contributed by atoms with Crippen LogP contribution in [-0.4, -0.2) is 51.2 Å². The molecule has 3 fully saturated rings. The van der Waals surface area contributed by atoms with E-state index in [1.165, 1.54) is 36.8 Å². The zero-order chi connectivity index (χ0) is 19.0. The molecule has 0 amide bonds. The van der Waals surface area contributed by atoms with Gasteiger partial charge in [0, 0.05) is 24.4 Å². The van der Waals surface area contributed by atoms with E-state index >= 15 is 0 Å². The van der Waals surface area contributed by atoms with Gasteiger partial charge in [0.1, 0.15) is 0 Å². The third-order valence-electron chi connectivity index (χ3n) is 6.95. The molecule has 1 saturated carbocycles. The number of ether oxygens (including phenoxy) is 4. The molecule has 1 aromatic rings. The predicted octanol–water partition coefficient (Wildman–Crippen LogP) is 3.94. The summed E-state index contributed by atoms with van der Waals surface area (Å²) in [5.41, 5.74) is 2.63. The zero-order valence-electron chi connectivity index (χ0n) is 17.1. The smallest absolute Gasteiger partial charge is 0.174 e. The molecule has 2 saturated heterocycles. The number of aryl methyl sites for hydroxylation is 1. The molecule has 5 nitrogen and oxygen atoms in total. The summed E-state index contributed by atoms with van der Waals surface area (Å²) in [5, 5.41) is 0. The molecule has 2 heterocycles. The second-order valence-electron chi connectivity index (χ2n) is 8.11. The lowest BCUT2D eigenvalue weighted by Gasteiger charge is -2.54. The first-order valence-corrected chi connectivity index (χ1v) is 10.4. The second kappa shape index (κ2) is 7.61. The van der Waals surface area contributed by atoms with Crippen molar-refractivity contribution in [3.63, 3.8) is 0 Å². The van der Waals surface area contributed by atoms with Crippen molar-refractivity contribution < 1.29 is 18.9 Å². The highest BCUT2D eigenvalue weighted by atomic mass is 16.7. The minimum absolute atomic E-state index is 0.261. The van der Waals surface area contributed by atoms with Crippen LogP contribution in [0.4, 0.5) is 0 Å². The van der Waals surface area contributed by atoms with Crippen molar-refractivity contribution in [3.05, 3.63) is 23.3 Å². The molecule has 3 atom stereocenters. The summed E-state index contributed by atoms with van der Waals surface area (Å²) in [6.45, 7) is 3.63. The van der Waals surface area contributed by atoms with Gasteiger partial charge in [-0.1, -0.05) is 19.8 Å². The molecule has 1 spiro atoms. The van der Waals surface area contributed by atoms with E-state index in [0.717, 1.165) is 24.3 Å². The number of methoxy groups -OCH3 is 2. The van der Waals surface area contributed by atoms with Gasteiger partial charge < -0.3 is 18.9 Å². The molecule has 0 radical (unpaired) electrons. The molecule has 1 aliphatic carbocycles. The highest BCUT2D eigenvalue weighted by molar-refractivity contribution is 5.49. The molecule has 0 unspecified atom stereocenters. The summed E-state index contributed by atoms with van der Waals surface area (Å²) in [4.78, 5) is 2.58. The quantitative estimate of drug-likeness (QED) is 0.797. The number of benzene rings is 1. The minimum Gasteiger partial charge on any atom is -0.493 e. The molecule has 27 heavy (non-hydrogen) atoms. The first-order valence-electron chi connectivity index (χ1n) is 10.4. The van der Waals surface area contributed by atoms with Crippen molar-refractivity contribution in [2.75, 3.05) is 34.5 Å². The average molecular weight is 376 g/mol. The monoisotopic (exact) mass is 375 g/mol. The Bertz CT molecular complexity index is 671. The molecular formula is C22H33NO4. The highest BCUT2D eigenvalue weighted by Crippen LogP contribution is 2.52. The van der Waals surface area contributed by atoms with E-state index < -0.39 is 5.79 Å². The fourth-order valence-corrected chi connectivity index (χ4v) is 5.59. The van der Waals surface area contributed by atoms with Crippen molar-refractivity contribution >= 4 is 0 Å². The first-order chi connectivity index (χ1) is 13.1. The van der Waals surface area contributed by atoms with Crippen LogP contribution in [0.2, 0.25) is 0 Å². The largest absolute Gasteiger partial charge is 0.493 e. The van der Waals surface area contributed by atoms with Crippen LogP contribution in [0.3, 0.4) is 0 Å². The van der Waals surface area contributed by atoms with Crippen molar-refractivity contribution in [3.8, 4) is 11.5 Å². The lowest BCUT2D eigenvalue weighted by molar-refractivity contribution is -0.252. The van der Waals surface area contributed by atoms with Crippen LogP contribution in [0.5, 0.6) is 11.5 Å². The Labute approximate surface area is 162 Å². The maximum atomic E-state index is 6.32. The van der Waals surface area contributed by atoms with Crippen molar-refractivity contribution in [1.82, 2.24) is 4.90 Å². The number of nitrogens with zero attached hydrogens (tertiary/aromatic N) is 1. The number of hydrogen-bond acceptors (Lipinski definition) is 5. The van der Waals surface area contributed by atoms with Crippen LogP contribution in [0.25, 0.3) is 0 Å². The van der Waals surface area contributed by atoms with Gasteiger partial charge in [0.2, 0.25) is 0 Å². The van der Waals surface area contributed by atoms with E-state index in [9.17, 15) is 0 Å². The summed E-state index contributed by atoms with van der Waals surface area (Å²) in [7, 11) is 5.69. The first kappa shape index (κ1) is 19.0. The van der Waals surface area contributed by atoms with Gasteiger partial charge in [-0.25, -0.2) is 0 Å². The maximum absolute atomic E-state index is 6.32. The number of likely N-dealkylation sites (tertiary alicyclic amines) is 1. The number of piperidine rings is 1. The summed E-state index contributed by atoms with van der Waals surface area (Å²) in [6.07, 6.45) is 6.84. The van der Waals surface area contributed by atoms with Gasteiger partial charge >= 0.3 is 0 Å². The van der Waals surface area contributed by atoms with Gasteiger partial charge in [-0.15, -0.1) is 0 Å². The molecule has 4 rings (SSSR count). The van der Waals surface area contributed by atoms with Gasteiger partial charge in [0.05, 0.1) is 27.4 Å². The van der Waals surface area contributed by atoms with Gasteiger partial charge in [-0.2, -0.15) is 0 Å². The molecule has 1 aromatic carbocycles. The summed E-state index contributed by atoms with van der Waals surface area (Å²) < 4.78 is 23.8. The fraction of sp³-hybridized carbons (Fsp3) is 0.727. The lowest BCUT2D eigenvalue weighted by Crippen LogP contribution is -2.59. The number of fused-ring (bicyclic) bond motifs is 2. The minimum atomic E-state index is -0.416. The fourth-order valence-electron chi connectivity index (χ4n) is 5.59. The van der Waals surface area contributed by atoms with E-state index in [0.29, 0.717) is 25.2 Å². The lowest BCUT2D eigenvalue weighted by atomic mass is 9.71. The van der Waals surface area contributed by atoms with Crippen molar-refractivity contribution in [2.24, 2.45) is 5.92 Å². The Morgan fingerprint density at radius 3 is 2.41 bits per heavy atom. The molecule has 0 N–H and O–H groups in total. The average Bonchev–Trinajstić information content (AvgIpc) is 3.19. The number of rotatable bonds is 4. The van der Waals surface area contributed by atoms with E-state index in [1.807, 2.05) is 0 Å². The molecule has 0 aromatic heterocycles. The standard InChI is InChI=1S/C22H33NO4/c1-5-15-12-20(24-3)21(25-4)13-16(15)19-14-22(26-10-11-27-22)17-8-6-7-9-18(17)23(19)2/h12-13,17-19H,5-11,14H2,1-4H3/t17-,18-,19+/m1/s1. The Balaban J connectivity index is 1.76. The Kier molecular flexibility index (Phi) is 5.36. The van der Waals surface area contributed by atoms with E-state index in [-0.39, 0.29) is 6.04 Å². The molecule has 3 aliphatic rings. The van der Waals surface area contributed by atoms with Crippen molar-refractivity contribution in [1.29, 1.82) is 0 Å². The zero-order valence-corrected chi connectivity index (χ0v) is 17.1. The predicted molar refractivity (Wildman–Crippen MR) is 104 cm³/mol. The third-order valence-corrected chi connectivity index (χ3v) is 6.95. The molecule has 2 aliphatic heterocycles. The van der Waals surface area contributed by atoms with Crippen LogP contribution < -0.4 is 9.47 Å². The highest BCUT2D eigenvalue weighted by Gasteiger charge is 2.55. The van der Waals surface area contributed by atoms with Gasteiger partial charge in [-0.3, -0.25) is 4.90 Å². The van der Waals surface area contributed by atoms with Crippen LogP contribution in [0.15, 0.2) is 12.1 Å². The van der Waals surface area contributed by atoms with Crippen LogP contribution in [0.1, 0.15) is 56.2 Å². The Morgan fingerprint density at radius 1 is 1.07 bits per heavy atom. The van der Waals surface area contributed by atoms with Gasteiger partial charge in [-0.05, 0) is 49.6 Å². The molecule has 150 valence electrons. The maximum Gasteiger partial charge on any atom is 0.174 e. The third kappa shape index (κ3) is 3.14. The normalized spacial score (nSPS) is 30.3. The summed E-state index contributed by atoms with van der Waals surface area (Å²) >= 11 is 0. The van der Waals surface area contributed by atoms with Crippen LogP contribution in [-0.2, 0) is 15.9 Å². The summed E-state index contributed by atoms with van der Waals surface area (Å²) in [6, 6.07) is 5.08. The van der Waals surface area contributed by atoms with E-state index in [4.69, 9.17) is 18.9 Å². The van der Waals surface area contributed by atoms with E-state index in [1.54, 1.807) is 14.2 Å². The van der Waals surface area contributed by atoms with Gasteiger partial charge in [0.25, 0.3) is 0 Å². The van der Waals surface area contributed by atoms with Gasteiger partial charge in [0.15, 0.2) is 17.3 Å². The molecular weight excluding hydrogens is 342 g/mol. The molecule has 0 bridgehead atoms. The van der Waals surface area contributed by atoms with E-state index in [2.05, 4.69) is 31.0 Å². The Hall–Kier alpha value is -1.30. The SMILES string of the molecule is CCc1cc(OC)c(OC)cc1[C@@H]1CC2(OCCO2)[C@@H]2CCCC[C@H]2N1C. The Morgan fingerprint density at radius 2 is 1.74 bits per heavy atom.